The molecular formula is C21H17NO2S2. The number of hydrogen-bond donors (Lipinski definition) is 1. The summed E-state index contributed by atoms with van der Waals surface area (Å²) in [6.07, 6.45) is 0. The van der Waals surface area contributed by atoms with Crippen LogP contribution in [-0.2, 0) is 16.6 Å². The first-order valence-electron chi connectivity index (χ1n) is 8.23. The van der Waals surface area contributed by atoms with Crippen LogP contribution >= 0.6 is 11.3 Å². The van der Waals surface area contributed by atoms with Crippen LogP contribution in [0, 0.1) is 0 Å². The number of nitrogens with one attached hydrogen (secondary N) is 1. The van der Waals surface area contributed by atoms with Crippen molar-refractivity contribution in [1.82, 2.24) is 4.72 Å². The van der Waals surface area contributed by atoms with Gasteiger partial charge in [-0.05, 0) is 45.0 Å². The summed E-state index contributed by atoms with van der Waals surface area (Å²) in [4.78, 5) is 0.309. The van der Waals surface area contributed by atoms with E-state index in [0.717, 1.165) is 27.5 Å². The molecule has 0 amide bonds. The fourth-order valence-corrected chi connectivity index (χ4v) is 4.94. The van der Waals surface area contributed by atoms with E-state index in [9.17, 15) is 8.42 Å². The van der Waals surface area contributed by atoms with Gasteiger partial charge in [-0.3, -0.25) is 0 Å². The lowest BCUT2D eigenvalue weighted by molar-refractivity contribution is 0.582. The highest BCUT2D eigenvalue weighted by atomic mass is 32.2. The summed E-state index contributed by atoms with van der Waals surface area (Å²) in [5.41, 5.74) is 3.11. The van der Waals surface area contributed by atoms with Gasteiger partial charge >= 0.3 is 0 Å². The second kappa shape index (κ2) is 7.03. The highest BCUT2D eigenvalue weighted by Gasteiger charge is 2.17. The van der Waals surface area contributed by atoms with Crippen molar-refractivity contribution < 1.29 is 8.42 Å². The molecule has 26 heavy (non-hydrogen) atoms. The Morgan fingerprint density at radius 3 is 2.46 bits per heavy atom. The van der Waals surface area contributed by atoms with E-state index in [1.54, 1.807) is 23.5 Å². The van der Waals surface area contributed by atoms with Gasteiger partial charge in [0.15, 0.2) is 0 Å². The zero-order chi connectivity index (χ0) is 18.0. The van der Waals surface area contributed by atoms with Crippen LogP contribution in [0.3, 0.4) is 0 Å². The third-order valence-corrected chi connectivity index (χ3v) is 6.48. The molecular weight excluding hydrogens is 362 g/mol. The van der Waals surface area contributed by atoms with Gasteiger partial charge in [-0.2, -0.15) is 11.3 Å². The SMILES string of the molecule is O=S(=O)(NCc1ccccc1-c1ccsc1)c1cccc2ccccc12. The van der Waals surface area contributed by atoms with E-state index in [2.05, 4.69) is 10.1 Å². The van der Waals surface area contributed by atoms with Crippen molar-refractivity contribution in [3.05, 3.63) is 89.1 Å². The summed E-state index contributed by atoms with van der Waals surface area (Å²) in [5.74, 6) is 0. The summed E-state index contributed by atoms with van der Waals surface area (Å²) in [6.45, 7) is 0.248. The van der Waals surface area contributed by atoms with Crippen molar-refractivity contribution in [1.29, 1.82) is 0 Å². The molecule has 4 rings (SSSR count). The number of thiophene rings is 1. The number of rotatable bonds is 5. The molecule has 1 aromatic heterocycles. The maximum absolute atomic E-state index is 12.9. The Bertz CT molecular complexity index is 1140. The number of fused-ring (bicyclic) bond motifs is 1. The zero-order valence-corrected chi connectivity index (χ0v) is 15.6. The van der Waals surface area contributed by atoms with Crippen LogP contribution in [0.25, 0.3) is 21.9 Å². The number of benzene rings is 3. The molecule has 0 fully saturated rings. The molecule has 0 aliphatic heterocycles. The molecule has 0 radical (unpaired) electrons. The summed E-state index contributed by atoms with van der Waals surface area (Å²) in [7, 11) is -3.62. The third kappa shape index (κ3) is 3.29. The molecule has 0 saturated carbocycles. The fraction of sp³-hybridized carbons (Fsp3) is 0.0476. The lowest BCUT2D eigenvalue weighted by Crippen LogP contribution is -2.23. The van der Waals surface area contributed by atoms with Gasteiger partial charge in [0.25, 0.3) is 0 Å². The highest BCUT2D eigenvalue weighted by molar-refractivity contribution is 7.89. The van der Waals surface area contributed by atoms with Crippen LogP contribution in [0.4, 0.5) is 0 Å². The van der Waals surface area contributed by atoms with Gasteiger partial charge in [-0.1, -0.05) is 60.7 Å². The Balaban J connectivity index is 1.66. The molecule has 3 aromatic carbocycles. The average molecular weight is 380 g/mol. The predicted octanol–water partition coefficient (Wildman–Crippen LogP) is 5.05. The lowest BCUT2D eigenvalue weighted by atomic mass is 10.0. The van der Waals surface area contributed by atoms with Crippen LogP contribution in [0.5, 0.6) is 0 Å². The molecule has 0 aliphatic rings. The van der Waals surface area contributed by atoms with Crippen molar-refractivity contribution in [3.8, 4) is 11.1 Å². The maximum Gasteiger partial charge on any atom is 0.241 e. The highest BCUT2D eigenvalue weighted by Crippen LogP contribution is 2.27. The van der Waals surface area contributed by atoms with Gasteiger partial charge in [0.05, 0.1) is 4.90 Å². The van der Waals surface area contributed by atoms with Gasteiger partial charge in [0, 0.05) is 11.9 Å². The van der Waals surface area contributed by atoms with Crippen molar-refractivity contribution in [2.75, 3.05) is 0 Å². The van der Waals surface area contributed by atoms with Crippen LogP contribution in [0.1, 0.15) is 5.56 Å². The molecule has 3 nitrogen and oxygen atoms in total. The van der Waals surface area contributed by atoms with Gasteiger partial charge < -0.3 is 0 Å². The van der Waals surface area contributed by atoms with Gasteiger partial charge in [0.2, 0.25) is 10.0 Å². The maximum atomic E-state index is 12.9. The minimum atomic E-state index is -3.62. The van der Waals surface area contributed by atoms with Crippen molar-refractivity contribution in [3.63, 3.8) is 0 Å². The number of hydrogen-bond acceptors (Lipinski definition) is 3. The van der Waals surface area contributed by atoms with E-state index in [1.165, 1.54) is 0 Å². The molecule has 0 unspecified atom stereocenters. The second-order valence-corrected chi connectivity index (χ2v) is 8.49. The lowest BCUT2D eigenvalue weighted by Gasteiger charge is -2.12. The van der Waals surface area contributed by atoms with E-state index in [4.69, 9.17) is 0 Å². The molecule has 130 valence electrons. The van der Waals surface area contributed by atoms with Gasteiger partial charge in [0.1, 0.15) is 0 Å². The van der Waals surface area contributed by atoms with Crippen LogP contribution in [-0.4, -0.2) is 8.42 Å². The molecule has 0 spiro atoms. The van der Waals surface area contributed by atoms with Crippen LogP contribution < -0.4 is 4.72 Å². The van der Waals surface area contributed by atoms with E-state index in [1.807, 2.05) is 66.0 Å². The predicted molar refractivity (Wildman–Crippen MR) is 108 cm³/mol. The molecule has 0 aliphatic carbocycles. The normalized spacial score (nSPS) is 11.7. The van der Waals surface area contributed by atoms with E-state index >= 15 is 0 Å². The van der Waals surface area contributed by atoms with Gasteiger partial charge in [-0.25, -0.2) is 13.1 Å². The Kier molecular flexibility index (Phi) is 4.59. The minimum Gasteiger partial charge on any atom is -0.207 e. The minimum absolute atomic E-state index is 0.248. The molecule has 1 N–H and O–H groups in total. The Hall–Kier alpha value is -2.47. The zero-order valence-electron chi connectivity index (χ0n) is 13.9. The van der Waals surface area contributed by atoms with E-state index in [-0.39, 0.29) is 6.54 Å². The summed E-state index contributed by atoms with van der Waals surface area (Å²) >= 11 is 1.63. The Morgan fingerprint density at radius 2 is 1.62 bits per heavy atom. The van der Waals surface area contributed by atoms with Crippen LogP contribution in [0.2, 0.25) is 0 Å². The number of sulfonamides is 1. The first-order chi connectivity index (χ1) is 12.6. The average Bonchev–Trinajstić information content (AvgIpc) is 3.21. The molecule has 1 heterocycles. The smallest absolute Gasteiger partial charge is 0.207 e. The van der Waals surface area contributed by atoms with Crippen molar-refractivity contribution in [2.45, 2.75) is 11.4 Å². The largest absolute Gasteiger partial charge is 0.241 e. The molecule has 4 aromatic rings. The summed E-state index contributed by atoms with van der Waals surface area (Å²) < 4.78 is 28.6. The van der Waals surface area contributed by atoms with Crippen molar-refractivity contribution in [2.24, 2.45) is 0 Å². The van der Waals surface area contributed by atoms with E-state index in [0.29, 0.717) is 4.90 Å². The first-order valence-corrected chi connectivity index (χ1v) is 10.7. The van der Waals surface area contributed by atoms with E-state index < -0.39 is 10.0 Å². The molecule has 0 atom stereocenters. The topological polar surface area (TPSA) is 46.2 Å². The standard InChI is InChI=1S/C21H17NO2S2/c23-26(24,21-11-5-8-16-6-1-4-10-20(16)21)22-14-17-7-2-3-9-19(17)18-12-13-25-15-18/h1-13,15,22H,14H2. The summed E-state index contributed by atoms with van der Waals surface area (Å²) in [6, 6.07) is 22.8. The van der Waals surface area contributed by atoms with Crippen molar-refractivity contribution >= 4 is 32.1 Å². The second-order valence-electron chi connectivity index (χ2n) is 5.97. The first kappa shape index (κ1) is 17.0. The molecule has 5 heteroatoms. The fourth-order valence-electron chi connectivity index (χ4n) is 3.05. The Morgan fingerprint density at radius 1 is 0.846 bits per heavy atom. The van der Waals surface area contributed by atoms with Crippen LogP contribution in [0.15, 0.2) is 88.5 Å². The monoisotopic (exact) mass is 379 g/mol. The molecule has 0 saturated heterocycles. The quantitative estimate of drug-likeness (QED) is 0.528. The Labute approximate surface area is 157 Å². The summed E-state index contributed by atoms with van der Waals surface area (Å²) in [5, 5.41) is 5.73. The third-order valence-electron chi connectivity index (χ3n) is 4.34. The van der Waals surface area contributed by atoms with Gasteiger partial charge in [-0.15, -0.1) is 0 Å². The molecule has 0 bridgehead atoms.